The van der Waals surface area contributed by atoms with E-state index in [0.717, 1.165) is 0 Å². The zero-order valence-electron chi connectivity index (χ0n) is 5.34. The molecule has 0 spiro atoms. The summed E-state index contributed by atoms with van der Waals surface area (Å²) in [6.45, 7) is 0. The van der Waals surface area contributed by atoms with Crippen molar-refractivity contribution < 1.29 is 0 Å². The molecular weight excluding hydrogens is 223 g/mol. The third kappa shape index (κ3) is 2.26. The second-order valence-electron chi connectivity index (χ2n) is 1.74. The van der Waals surface area contributed by atoms with Crippen molar-refractivity contribution in [2.45, 2.75) is 0 Å². The van der Waals surface area contributed by atoms with E-state index < -0.39 is 0 Å². The van der Waals surface area contributed by atoms with Crippen molar-refractivity contribution in [3.8, 4) is 0 Å². The van der Waals surface area contributed by atoms with Gasteiger partial charge in [0.1, 0.15) is 0 Å². The van der Waals surface area contributed by atoms with E-state index in [1.54, 1.807) is 0 Å². The standard InChI is InChI=1S/C8H9I/c1-9-7-8-5-3-2-4-6-8/h2-7H,1H3. The van der Waals surface area contributed by atoms with Gasteiger partial charge in [-0.2, -0.15) is 0 Å². The first-order valence-electron chi connectivity index (χ1n) is 2.80. The number of alkyl halides is 1. The topological polar surface area (TPSA) is 0 Å². The number of hydrogen-bond acceptors (Lipinski definition) is 0. The summed E-state index contributed by atoms with van der Waals surface area (Å²) < 4.78 is 2.32. The van der Waals surface area contributed by atoms with Gasteiger partial charge in [0.15, 0.2) is 0 Å². The van der Waals surface area contributed by atoms with Crippen molar-refractivity contribution in [2.75, 3.05) is 4.93 Å². The largest absolute Gasteiger partial charge is 0.126 e. The van der Waals surface area contributed by atoms with Gasteiger partial charge >= 0.3 is 0 Å². The first-order chi connectivity index (χ1) is 4.43. The minimum atomic E-state index is 0.304. The lowest BCUT2D eigenvalue weighted by molar-refractivity contribution is 1.69. The fourth-order valence-electron chi connectivity index (χ4n) is 0.652. The monoisotopic (exact) mass is 232 g/mol. The van der Waals surface area contributed by atoms with E-state index in [0.29, 0.717) is 20.7 Å². The van der Waals surface area contributed by atoms with Crippen LogP contribution in [0.1, 0.15) is 5.56 Å². The first-order valence-corrected chi connectivity index (χ1v) is 6.20. The molecule has 1 aromatic carbocycles. The molecule has 0 aromatic heterocycles. The molecule has 0 N–H and O–H groups in total. The zero-order chi connectivity index (χ0) is 6.53. The van der Waals surface area contributed by atoms with Gasteiger partial charge in [-0.15, -0.1) is 20.7 Å². The van der Waals surface area contributed by atoms with E-state index >= 15 is 0 Å². The molecule has 48 valence electrons. The summed E-state index contributed by atoms with van der Waals surface area (Å²) in [4.78, 5) is 2.26. The Morgan fingerprint density at radius 2 is 1.89 bits per heavy atom. The molecule has 0 bridgehead atoms. The number of hydrogen-bond donors (Lipinski definition) is 0. The molecule has 0 amide bonds. The summed E-state index contributed by atoms with van der Waals surface area (Å²) in [6.07, 6.45) is 0. The lowest BCUT2D eigenvalue weighted by Gasteiger charge is -1.86. The van der Waals surface area contributed by atoms with Gasteiger partial charge in [-0.05, 0) is 14.5 Å². The lowest BCUT2D eigenvalue weighted by atomic mass is 10.2. The number of halogens is 1. The number of rotatable bonds is 1. The summed E-state index contributed by atoms with van der Waals surface area (Å²) in [6, 6.07) is 10.5. The summed E-state index contributed by atoms with van der Waals surface area (Å²) in [5.41, 5.74) is 1.37. The highest BCUT2D eigenvalue weighted by atomic mass is 127. The molecule has 1 rings (SSSR count). The maximum atomic E-state index is 2.32. The van der Waals surface area contributed by atoms with Gasteiger partial charge in [-0.25, -0.2) is 0 Å². The molecule has 0 saturated carbocycles. The quantitative estimate of drug-likeness (QED) is 0.515. The van der Waals surface area contributed by atoms with Crippen LogP contribution >= 0.6 is 20.7 Å². The van der Waals surface area contributed by atoms with Gasteiger partial charge in [0, 0.05) is 0 Å². The highest BCUT2D eigenvalue weighted by molar-refractivity contribution is 14.2. The normalized spacial score (nSPS) is 11.2. The summed E-state index contributed by atoms with van der Waals surface area (Å²) >= 11 is 0.304. The molecule has 0 nitrogen and oxygen atoms in total. The molecule has 0 radical (unpaired) electrons. The maximum absolute atomic E-state index is 2.32. The van der Waals surface area contributed by atoms with Crippen LogP contribution in [0.15, 0.2) is 30.3 Å². The minimum Gasteiger partial charge on any atom is -0.126 e. The SMILES string of the molecule is C/I=C\c1ccccc1. The van der Waals surface area contributed by atoms with Gasteiger partial charge in [-0.3, -0.25) is 0 Å². The molecule has 0 aliphatic rings. The molecule has 0 aliphatic carbocycles. The molecule has 0 atom stereocenters. The van der Waals surface area contributed by atoms with E-state index in [9.17, 15) is 0 Å². The van der Waals surface area contributed by atoms with Gasteiger partial charge in [-0.1, -0.05) is 30.3 Å². The van der Waals surface area contributed by atoms with Crippen LogP contribution in [0.5, 0.6) is 0 Å². The van der Waals surface area contributed by atoms with Gasteiger partial charge in [0.05, 0.1) is 0 Å². The summed E-state index contributed by atoms with van der Waals surface area (Å²) in [5.74, 6) is 0. The number of benzene rings is 1. The van der Waals surface area contributed by atoms with E-state index in [2.05, 4.69) is 33.2 Å². The predicted molar refractivity (Wildman–Crippen MR) is 51.6 cm³/mol. The molecule has 0 fully saturated rings. The third-order valence-electron chi connectivity index (χ3n) is 1.03. The van der Waals surface area contributed by atoms with Crippen molar-refractivity contribution >= 4 is 24.7 Å². The van der Waals surface area contributed by atoms with Crippen LogP contribution in [0.2, 0.25) is 0 Å². The van der Waals surface area contributed by atoms with E-state index in [1.165, 1.54) is 5.56 Å². The van der Waals surface area contributed by atoms with Crippen LogP contribution in [0.3, 0.4) is 0 Å². The van der Waals surface area contributed by atoms with E-state index in [4.69, 9.17) is 0 Å². The fraction of sp³-hybridized carbons (Fsp3) is 0.125. The third-order valence-corrected chi connectivity index (χ3v) is 2.38. The average Bonchev–Trinajstić information content (AvgIpc) is 1.91. The zero-order valence-corrected chi connectivity index (χ0v) is 7.50. The molecule has 0 unspecified atom stereocenters. The van der Waals surface area contributed by atoms with Crippen molar-refractivity contribution in [3.05, 3.63) is 35.9 Å². The van der Waals surface area contributed by atoms with Gasteiger partial charge < -0.3 is 0 Å². The van der Waals surface area contributed by atoms with Crippen LogP contribution in [-0.2, 0) is 0 Å². The Morgan fingerprint density at radius 3 is 2.44 bits per heavy atom. The Labute approximate surface area is 65.7 Å². The highest BCUT2D eigenvalue weighted by Gasteiger charge is 1.78. The van der Waals surface area contributed by atoms with Crippen molar-refractivity contribution in [1.29, 1.82) is 0 Å². The van der Waals surface area contributed by atoms with Crippen molar-refractivity contribution in [1.82, 2.24) is 0 Å². The average molecular weight is 232 g/mol. The fourth-order valence-corrected chi connectivity index (χ4v) is 1.79. The molecular formula is C8H9I. The highest BCUT2D eigenvalue weighted by Crippen LogP contribution is 1.97. The lowest BCUT2D eigenvalue weighted by Crippen LogP contribution is -1.72. The molecule has 0 heterocycles. The Bertz CT molecular complexity index is 189. The van der Waals surface area contributed by atoms with Crippen LogP contribution in [0.4, 0.5) is 0 Å². The molecule has 0 aliphatic heterocycles. The second-order valence-corrected chi connectivity index (χ2v) is 3.61. The predicted octanol–water partition coefficient (Wildman–Crippen LogP) is 2.44. The Balaban J connectivity index is 2.85. The molecule has 9 heavy (non-hydrogen) atoms. The van der Waals surface area contributed by atoms with E-state index in [-0.39, 0.29) is 0 Å². The Kier molecular flexibility index (Phi) is 2.91. The maximum Gasteiger partial charge on any atom is -0.0169 e. The van der Waals surface area contributed by atoms with Crippen LogP contribution in [0.25, 0.3) is 0 Å². The summed E-state index contributed by atoms with van der Waals surface area (Å²) in [5, 5.41) is 0. The van der Waals surface area contributed by atoms with Crippen LogP contribution in [0, 0.1) is 0 Å². The first kappa shape index (κ1) is 6.93. The van der Waals surface area contributed by atoms with Gasteiger partial charge in [0.2, 0.25) is 0 Å². The summed E-state index contributed by atoms with van der Waals surface area (Å²) in [7, 11) is 0. The van der Waals surface area contributed by atoms with Crippen molar-refractivity contribution in [3.63, 3.8) is 0 Å². The molecule has 1 heteroatoms. The minimum absolute atomic E-state index is 0.304. The Morgan fingerprint density at radius 1 is 1.22 bits per heavy atom. The molecule has 1 aromatic rings. The van der Waals surface area contributed by atoms with Crippen LogP contribution in [-0.4, -0.2) is 8.94 Å². The Hall–Kier alpha value is -0.180. The van der Waals surface area contributed by atoms with Gasteiger partial charge in [0.25, 0.3) is 0 Å². The van der Waals surface area contributed by atoms with E-state index in [1.807, 2.05) is 6.07 Å². The smallest absolute Gasteiger partial charge is 0.0169 e. The second kappa shape index (κ2) is 3.77. The molecule has 0 saturated heterocycles. The van der Waals surface area contributed by atoms with Crippen molar-refractivity contribution in [2.24, 2.45) is 0 Å². The van der Waals surface area contributed by atoms with Crippen LogP contribution < -0.4 is 0 Å².